The van der Waals surface area contributed by atoms with Crippen molar-refractivity contribution in [1.82, 2.24) is 9.59 Å². The maximum Gasteiger partial charge on any atom is 0.124 e. The Morgan fingerprint density at radius 3 is 2.74 bits per heavy atom. The molecule has 0 aliphatic rings. The first kappa shape index (κ1) is 14.6. The van der Waals surface area contributed by atoms with Crippen LogP contribution >= 0.6 is 27.5 Å². The highest BCUT2D eigenvalue weighted by atomic mass is 79.9. The van der Waals surface area contributed by atoms with Crippen molar-refractivity contribution in [1.29, 1.82) is 0 Å². The minimum Gasteiger partial charge on any atom is -0.387 e. The number of hydrogen-bond acceptors (Lipinski definition) is 4. The van der Waals surface area contributed by atoms with E-state index in [4.69, 9.17) is 0 Å². The lowest BCUT2D eigenvalue weighted by Gasteiger charge is -2.11. The van der Waals surface area contributed by atoms with Gasteiger partial charge in [0.05, 0.1) is 16.7 Å². The summed E-state index contributed by atoms with van der Waals surface area (Å²) in [5.74, 6) is -0.106. The Morgan fingerprint density at radius 1 is 1.37 bits per heavy atom. The topological polar surface area (TPSA) is 46.0 Å². The van der Waals surface area contributed by atoms with E-state index in [1.165, 1.54) is 23.7 Å². The molecular weight excluding hydrogens is 331 g/mol. The number of benzene rings is 1. The van der Waals surface area contributed by atoms with E-state index < -0.39 is 6.10 Å². The Kier molecular flexibility index (Phi) is 4.65. The lowest BCUT2D eigenvalue weighted by molar-refractivity contribution is 0.180. The molecule has 0 saturated carbocycles. The number of halogens is 2. The van der Waals surface area contributed by atoms with E-state index in [0.29, 0.717) is 10.9 Å². The minimum atomic E-state index is -0.703. The summed E-state index contributed by atoms with van der Waals surface area (Å²) in [6.07, 6.45) is -0.356. The molecule has 19 heavy (non-hydrogen) atoms. The van der Waals surface area contributed by atoms with Gasteiger partial charge in [0, 0.05) is 10.9 Å². The molecule has 0 radical (unpaired) electrons. The monoisotopic (exact) mass is 344 g/mol. The van der Waals surface area contributed by atoms with E-state index in [-0.39, 0.29) is 11.7 Å². The molecule has 0 bridgehead atoms. The lowest BCUT2D eigenvalue weighted by Crippen LogP contribution is -2.04. The van der Waals surface area contributed by atoms with Gasteiger partial charge in [-0.25, -0.2) is 4.39 Å². The molecule has 1 heterocycles. The summed E-state index contributed by atoms with van der Waals surface area (Å²) in [6, 6.07) is 4.62. The van der Waals surface area contributed by atoms with E-state index in [1.807, 2.05) is 13.8 Å². The largest absolute Gasteiger partial charge is 0.387 e. The standard InChI is InChI=1S/C13H14BrFN2OS/c1-7(2)12-13(19-17-16-12)11(18)5-8-3-9(14)6-10(15)4-8/h3-4,6-7,11,18H,5H2,1-2H3. The molecule has 0 spiro atoms. The summed E-state index contributed by atoms with van der Waals surface area (Å²) < 4.78 is 17.9. The van der Waals surface area contributed by atoms with Crippen LogP contribution in [0.3, 0.4) is 0 Å². The number of aliphatic hydroxyl groups excluding tert-OH is 1. The van der Waals surface area contributed by atoms with E-state index in [9.17, 15) is 9.50 Å². The van der Waals surface area contributed by atoms with Crippen LogP contribution in [0.1, 0.15) is 42.0 Å². The highest BCUT2D eigenvalue weighted by molar-refractivity contribution is 9.10. The normalized spacial score (nSPS) is 12.9. The van der Waals surface area contributed by atoms with Gasteiger partial charge in [0.15, 0.2) is 0 Å². The summed E-state index contributed by atoms with van der Waals surface area (Å²) in [7, 11) is 0. The maximum absolute atomic E-state index is 13.3. The Balaban J connectivity index is 2.20. The number of aliphatic hydroxyl groups is 1. The van der Waals surface area contributed by atoms with E-state index in [2.05, 4.69) is 25.5 Å². The molecule has 1 atom stereocenters. The average molecular weight is 345 g/mol. The molecule has 1 aromatic carbocycles. The SMILES string of the molecule is CC(C)c1nnsc1C(O)Cc1cc(F)cc(Br)c1. The molecule has 2 aromatic rings. The van der Waals surface area contributed by atoms with Crippen LogP contribution in [-0.4, -0.2) is 14.7 Å². The third kappa shape index (κ3) is 3.58. The first-order valence-electron chi connectivity index (χ1n) is 5.92. The van der Waals surface area contributed by atoms with Crippen molar-refractivity contribution in [2.24, 2.45) is 0 Å². The second-order valence-corrected chi connectivity index (χ2v) is 6.38. The smallest absolute Gasteiger partial charge is 0.124 e. The fourth-order valence-corrected chi connectivity index (χ4v) is 3.19. The van der Waals surface area contributed by atoms with Crippen LogP contribution in [0.4, 0.5) is 4.39 Å². The fraction of sp³-hybridized carbons (Fsp3) is 0.385. The summed E-state index contributed by atoms with van der Waals surface area (Å²) in [5, 5.41) is 14.3. The zero-order valence-corrected chi connectivity index (χ0v) is 13.0. The lowest BCUT2D eigenvalue weighted by atomic mass is 10.0. The highest BCUT2D eigenvalue weighted by Gasteiger charge is 2.19. The molecule has 102 valence electrons. The van der Waals surface area contributed by atoms with Gasteiger partial charge < -0.3 is 5.11 Å². The van der Waals surface area contributed by atoms with Crippen molar-refractivity contribution < 1.29 is 9.50 Å². The molecule has 3 nitrogen and oxygen atoms in total. The Bertz CT molecular complexity index is 553. The summed E-state index contributed by atoms with van der Waals surface area (Å²) >= 11 is 4.44. The zero-order chi connectivity index (χ0) is 14.0. The van der Waals surface area contributed by atoms with E-state index >= 15 is 0 Å². The quantitative estimate of drug-likeness (QED) is 0.916. The second-order valence-electron chi connectivity index (χ2n) is 4.67. The average Bonchev–Trinajstić information content (AvgIpc) is 2.75. The molecule has 1 aromatic heterocycles. The van der Waals surface area contributed by atoms with Crippen molar-refractivity contribution in [2.75, 3.05) is 0 Å². The van der Waals surface area contributed by atoms with Gasteiger partial charge in [0.1, 0.15) is 5.82 Å². The Hall–Kier alpha value is -0.850. The van der Waals surface area contributed by atoms with Gasteiger partial charge in [-0.1, -0.05) is 34.3 Å². The van der Waals surface area contributed by atoms with Gasteiger partial charge in [-0.05, 0) is 41.2 Å². The van der Waals surface area contributed by atoms with Gasteiger partial charge in [-0.15, -0.1) is 5.10 Å². The molecule has 0 amide bonds. The van der Waals surface area contributed by atoms with E-state index in [0.717, 1.165) is 16.1 Å². The van der Waals surface area contributed by atoms with Crippen LogP contribution in [0.2, 0.25) is 0 Å². The fourth-order valence-electron chi connectivity index (χ4n) is 1.88. The Morgan fingerprint density at radius 2 is 2.11 bits per heavy atom. The molecule has 2 rings (SSSR count). The maximum atomic E-state index is 13.3. The van der Waals surface area contributed by atoms with Crippen molar-refractivity contribution in [3.05, 3.63) is 44.6 Å². The summed E-state index contributed by atoms with van der Waals surface area (Å²) in [5.41, 5.74) is 1.55. The minimum absolute atomic E-state index is 0.211. The number of nitrogens with zero attached hydrogens (tertiary/aromatic N) is 2. The van der Waals surface area contributed by atoms with Gasteiger partial charge in [0.2, 0.25) is 0 Å². The number of hydrogen-bond donors (Lipinski definition) is 1. The second kappa shape index (κ2) is 6.07. The summed E-state index contributed by atoms with van der Waals surface area (Å²) in [4.78, 5) is 0.760. The third-order valence-electron chi connectivity index (χ3n) is 2.74. The first-order valence-corrected chi connectivity index (χ1v) is 7.49. The van der Waals surface area contributed by atoms with Gasteiger partial charge >= 0.3 is 0 Å². The van der Waals surface area contributed by atoms with Crippen LogP contribution in [0.25, 0.3) is 0 Å². The molecule has 0 saturated heterocycles. The van der Waals surface area contributed by atoms with Crippen molar-refractivity contribution in [3.63, 3.8) is 0 Å². The van der Waals surface area contributed by atoms with Crippen molar-refractivity contribution in [3.8, 4) is 0 Å². The van der Waals surface area contributed by atoms with Crippen molar-refractivity contribution in [2.45, 2.75) is 32.3 Å². The first-order chi connectivity index (χ1) is 8.97. The highest BCUT2D eigenvalue weighted by Crippen LogP contribution is 2.29. The molecule has 1 N–H and O–H groups in total. The molecule has 1 unspecified atom stereocenters. The number of aromatic nitrogens is 2. The van der Waals surface area contributed by atoms with Crippen LogP contribution in [0.15, 0.2) is 22.7 Å². The molecule has 6 heteroatoms. The van der Waals surface area contributed by atoms with Crippen LogP contribution in [-0.2, 0) is 6.42 Å². The van der Waals surface area contributed by atoms with E-state index in [1.54, 1.807) is 6.07 Å². The molecule has 0 aliphatic carbocycles. The van der Waals surface area contributed by atoms with Crippen LogP contribution in [0, 0.1) is 5.82 Å². The van der Waals surface area contributed by atoms with Crippen LogP contribution < -0.4 is 0 Å². The molecule has 0 aliphatic heterocycles. The van der Waals surface area contributed by atoms with Crippen molar-refractivity contribution >= 4 is 27.5 Å². The Labute approximate surface area is 123 Å². The van der Waals surface area contributed by atoms with Gasteiger partial charge in [0.25, 0.3) is 0 Å². The van der Waals surface area contributed by atoms with Crippen LogP contribution in [0.5, 0.6) is 0 Å². The summed E-state index contributed by atoms with van der Waals surface area (Å²) in [6.45, 7) is 4.01. The predicted molar refractivity (Wildman–Crippen MR) is 76.8 cm³/mol. The van der Waals surface area contributed by atoms with Gasteiger partial charge in [-0.3, -0.25) is 0 Å². The van der Waals surface area contributed by atoms with Gasteiger partial charge in [-0.2, -0.15) is 0 Å². The number of rotatable bonds is 4. The predicted octanol–water partition coefficient (Wildman–Crippen LogP) is 3.84. The molecular formula is C13H14BrFN2OS. The third-order valence-corrected chi connectivity index (χ3v) is 4.04. The zero-order valence-electron chi connectivity index (χ0n) is 10.6. The molecule has 0 fully saturated rings.